The summed E-state index contributed by atoms with van der Waals surface area (Å²) in [6, 6.07) is 8.27. The highest BCUT2D eigenvalue weighted by molar-refractivity contribution is 5.91. The van der Waals surface area contributed by atoms with Gasteiger partial charge in [0.05, 0.1) is 6.10 Å². The van der Waals surface area contributed by atoms with Crippen molar-refractivity contribution in [3.63, 3.8) is 0 Å². The van der Waals surface area contributed by atoms with E-state index in [0.29, 0.717) is 6.42 Å². The van der Waals surface area contributed by atoms with Crippen LogP contribution in [0.4, 0.5) is 0 Å². The molecule has 4 nitrogen and oxygen atoms in total. The number of furan rings is 1. The van der Waals surface area contributed by atoms with Gasteiger partial charge in [-0.3, -0.25) is 4.79 Å². The summed E-state index contributed by atoms with van der Waals surface area (Å²) in [5, 5.41) is 12.0. The standard InChI is InChI=1S/C24H33NO3/c1-15-11-19-20(24(5,6)10-9-23(19,3)4)13-17(15)12-18-7-8-21(28-18)22(27)25-14-16(2)26/h7-8,11,13,16,26H,9-10,12,14H2,1-6H3,(H,25,27). The Kier molecular flexibility index (Phi) is 5.46. The summed E-state index contributed by atoms with van der Waals surface area (Å²) in [5.41, 5.74) is 5.78. The van der Waals surface area contributed by atoms with Gasteiger partial charge in [-0.2, -0.15) is 0 Å². The van der Waals surface area contributed by atoms with E-state index in [1.165, 1.54) is 35.1 Å². The van der Waals surface area contributed by atoms with Crippen molar-refractivity contribution in [1.82, 2.24) is 5.32 Å². The molecule has 0 fully saturated rings. The average Bonchev–Trinajstić information content (AvgIpc) is 3.07. The second-order valence-corrected chi connectivity index (χ2v) is 9.59. The van der Waals surface area contributed by atoms with Crippen LogP contribution in [0.5, 0.6) is 0 Å². The second kappa shape index (κ2) is 7.40. The molecule has 0 saturated heterocycles. The Morgan fingerprint density at radius 2 is 1.75 bits per heavy atom. The molecule has 3 rings (SSSR count). The van der Waals surface area contributed by atoms with E-state index in [1.807, 2.05) is 6.07 Å². The first-order valence-corrected chi connectivity index (χ1v) is 10.2. The van der Waals surface area contributed by atoms with E-state index in [9.17, 15) is 9.90 Å². The molecule has 1 unspecified atom stereocenters. The zero-order valence-electron chi connectivity index (χ0n) is 18.0. The van der Waals surface area contributed by atoms with Gasteiger partial charge >= 0.3 is 0 Å². The SMILES string of the molecule is Cc1cc2c(cc1Cc1ccc(C(=O)NCC(C)O)o1)C(C)(C)CCC2(C)C. The third kappa shape index (κ3) is 4.17. The van der Waals surface area contributed by atoms with Crippen LogP contribution in [0.2, 0.25) is 0 Å². The summed E-state index contributed by atoms with van der Waals surface area (Å²) in [6.07, 6.45) is 2.47. The number of rotatable bonds is 5. The first kappa shape index (κ1) is 20.7. The van der Waals surface area contributed by atoms with Crippen LogP contribution in [0.1, 0.15) is 86.0 Å². The Balaban J connectivity index is 1.85. The van der Waals surface area contributed by atoms with E-state index in [4.69, 9.17) is 4.42 Å². The van der Waals surface area contributed by atoms with Crippen molar-refractivity contribution in [2.75, 3.05) is 6.54 Å². The normalized spacial score (nSPS) is 18.4. The molecule has 1 aromatic heterocycles. The quantitative estimate of drug-likeness (QED) is 0.791. The van der Waals surface area contributed by atoms with Gasteiger partial charge < -0.3 is 14.8 Å². The number of hydrogen-bond donors (Lipinski definition) is 2. The molecule has 0 radical (unpaired) electrons. The van der Waals surface area contributed by atoms with Gasteiger partial charge in [0.25, 0.3) is 5.91 Å². The Labute approximate surface area is 168 Å². The smallest absolute Gasteiger partial charge is 0.287 e. The Morgan fingerprint density at radius 3 is 2.36 bits per heavy atom. The van der Waals surface area contributed by atoms with Crippen LogP contribution < -0.4 is 5.32 Å². The van der Waals surface area contributed by atoms with Crippen molar-refractivity contribution in [1.29, 1.82) is 0 Å². The largest absolute Gasteiger partial charge is 0.456 e. The molecule has 1 amide bonds. The molecule has 0 aliphatic heterocycles. The molecule has 0 saturated carbocycles. The van der Waals surface area contributed by atoms with E-state index in [1.54, 1.807) is 13.0 Å². The summed E-state index contributed by atoms with van der Waals surface area (Å²) in [6.45, 7) is 13.3. The predicted octanol–water partition coefficient (Wildman–Crippen LogP) is 4.64. The molecule has 1 aromatic carbocycles. The van der Waals surface area contributed by atoms with Crippen LogP contribution in [0.3, 0.4) is 0 Å². The lowest BCUT2D eigenvalue weighted by molar-refractivity contribution is 0.0895. The predicted molar refractivity (Wildman–Crippen MR) is 112 cm³/mol. The number of carbonyl (C=O) groups excluding carboxylic acids is 1. The van der Waals surface area contributed by atoms with Gasteiger partial charge in [0.15, 0.2) is 5.76 Å². The van der Waals surface area contributed by atoms with Gasteiger partial charge in [-0.25, -0.2) is 0 Å². The molecule has 1 aliphatic rings. The first-order valence-electron chi connectivity index (χ1n) is 10.2. The number of nitrogens with one attached hydrogen (secondary N) is 1. The van der Waals surface area contributed by atoms with E-state index >= 15 is 0 Å². The summed E-state index contributed by atoms with van der Waals surface area (Å²) < 4.78 is 5.78. The van der Waals surface area contributed by atoms with Crippen LogP contribution in [-0.4, -0.2) is 23.7 Å². The zero-order chi connectivity index (χ0) is 20.7. The molecule has 2 aromatic rings. The van der Waals surface area contributed by atoms with Crippen LogP contribution in [0.25, 0.3) is 0 Å². The minimum Gasteiger partial charge on any atom is -0.456 e. The molecule has 2 N–H and O–H groups in total. The van der Waals surface area contributed by atoms with Crippen LogP contribution >= 0.6 is 0 Å². The topological polar surface area (TPSA) is 62.5 Å². The molecule has 1 heterocycles. The maximum Gasteiger partial charge on any atom is 0.287 e. The van der Waals surface area contributed by atoms with E-state index < -0.39 is 6.10 Å². The Hall–Kier alpha value is -2.07. The summed E-state index contributed by atoms with van der Waals surface area (Å²) in [4.78, 5) is 12.1. The van der Waals surface area contributed by atoms with Gasteiger partial charge in [-0.05, 0) is 71.9 Å². The average molecular weight is 384 g/mol. The highest BCUT2D eigenvalue weighted by atomic mass is 16.3. The first-order chi connectivity index (χ1) is 13.0. The van der Waals surface area contributed by atoms with Crippen molar-refractivity contribution < 1.29 is 14.3 Å². The second-order valence-electron chi connectivity index (χ2n) is 9.59. The Bertz CT molecular complexity index is 874. The number of amides is 1. The Morgan fingerprint density at radius 1 is 1.14 bits per heavy atom. The fourth-order valence-corrected chi connectivity index (χ4v) is 4.07. The zero-order valence-corrected chi connectivity index (χ0v) is 18.0. The number of fused-ring (bicyclic) bond motifs is 1. The fraction of sp³-hybridized carbons (Fsp3) is 0.542. The van der Waals surface area contributed by atoms with Crippen molar-refractivity contribution in [3.05, 3.63) is 58.0 Å². The van der Waals surface area contributed by atoms with Crippen LogP contribution in [0, 0.1) is 6.92 Å². The molecular formula is C24H33NO3. The van der Waals surface area contributed by atoms with Gasteiger partial charge in [0, 0.05) is 13.0 Å². The third-order valence-electron chi connectivity index (χ3n) is 6.12. The minimum absolute atomic E-state index is 0.169. The number of carbonyl (C=O) groups is 1. The van der Waals surface area contributed by atoms with Gasteiger partial charge in [0.1, 0.15) is 5.76 Å². The van der Waals surface area contributed by atoms with E-state index in [-0.39, 0.29) is 29.0 Å². The number of aryl methyl sites for hydroxylation is 1. The minimum atomic E-state index is -0.580. The summed E-state index contributed by atoms with van der Waals surface area (Å²) >= 11 is 0. The molecule has 28 heavy (non-hydrogen) atoms. The lowest BCUT2D eigenvalue weighted by Gasteiger charge is -2.42. The number of benzene rings is 1. The van der Waals surface area contributed by atoms with Gasteiger partial charge in [-0.1, -0.05) is 39.8 Å². The maximum atomic E-state index is 12.1. The third-order valence-corrected chi connectivity index (χ3v) is 6.12. The number of aliphatic hydroxyl groups is 1. The van der Waals surface area contributed by atoms with Crippen molar-refractivity contribution in [3.8, 4) is 0 Å². The molecular weight excluding hydrogens is 350 g/mol. The lowest BCUT2D eigenvalue weighted by Crippen LogP contribution is -2.34. The number of aliphatic hydroxyl groups excluding tert-OH is 1. The highest BCUT2D eigenvalue weighted by Gasteiger charge is 2.37. The summed E-state index contributed by atoms with van der Waals surface area (Å²) in [7, 11) is 0. The monoisotopic (exact) mass is 383 g/mol. The van der Waals surface area contributed by atoms with E-state index in [2.05, 4.69) is 52.1 Å². The molecule has 0 bridgehead atoms. The summed E-state index contributed by atoms with van der Waals surface area (Å²) in [5.74, 6) is 0.767. The molecule has 0 spiro atoms. The fourth-order valence-electron chi connectivity index (χ4n) is 4.07. The van der Waals surface area contributed by atoms with Gasteiger partial charge in [-0.15, -0.1) is 0 Å². The maximum absolute atomic E-state index is 12.1. The van der Waals surface area contributed by atoms with Crippen molar-refractivity contribution in [2.45, 2.75) is 77.7 Å². The number of hydrogen-bond acceptors (Lipinski definition) is 3. The molecule has 152 valence electrons. The molecule has 1 atom stereocenters. The molecule has 4 heteroatoms. The lowest BCUT2D eigenvalue weighted by atomic mass is 9.62. The van der Waals surface area contributed by atoms with Crippen LogP contribution in [-0.2, 0) is 17.3 Å². The van der Waals surface area contributed by atoms with Crippen molar-refractivity contribution in [2.24, 2.45) is 0 Å². The highest BCUT2D eigenvalue weighted by Crippen LogP contribution is 2.46. The van der Waals surface area contributed by atoms with Crippen molar-refractivity contribution >= 4 is 5.91 Å². The van der Waals surface area contributed by atoms with Gasteiger partial charge in [0.2, 0.25) is 0 Å². The van der Waals surface area contributed by atoms with E-state index in [0.717, 1.165) is 5.76 Å². The molecule has 1 aliphatic carbocycles. The van der Waals surface area contributed by atoms with Crippen LogP contribution in [0.15, 0.2) is 28.7 Å².